The first-order valence-corrected chi connectivity index (χ1v) is 12.8. The summed E-state index contributed by atoms with van der Waals surface area (Å²) in [4.78, 5) is 13.9. The molecular weight excluding hydrogens is 462 g/mol. The second-order valence-corrected chi connectivity index (χ2v) is 10.1. The van der Waals surface area contributed by atoms with Crippen molar-refractivity contribution < 1.29 is 22.7 Å². The maximum Gasteiger partial charge on any atom is 0.284 e. The fourth-order valence-corrected chi connectivity index (χ4v) is 4.98. The Kier molecular flexibility index (Phi) is 6.39. The summed E-state index contributed by atoms with van der Waals surface area (Å²) in [6, 6.07) is 15.5. The van der Waals surface area contributed by atoms with Gasteiger partial charge in [0, 0.05) is 12.1 Å². The van der Waals surface area contributed by atoms with Gasteiger partial charge in [-0.25, -0.2) is 13.4 Å². The molecule has 0 spiro atoms. The Bertz CT molecular complexity index is 1260. The molecule has 1 amide bonds. The molecule has 0 radical (unpaired) electrons. The van der Waals surface area contributed by atoms with E-state index in [2.05, 4.69) is 9.82 Å². The number of anilines is 1. The second-order valence-electron chi connectivity index (χ2n) is 7.42. The molecule has 0 aliphatic carbocycles. The molecule has 2 aromatic carbocycles. The summed E-state index contributed by atoms with van der Waals surface area (Å²) in [6.45, 7) is 0. The average molecular weight is 486 g/mol. The third-order valence-electron chi connectivity index (χ3n) is 5.17. The van der Waals surface area contributed by atoms with Crippen LogP contribution in [-0.4, -0.2) is 45.5 Å². The van der Waals surface area contributed by atoms with Gasteiger partial charge in [0.05, 0.1) is 42.7 Å². The first-order valence-electron chi connectivity index (χ1n) is 10.0. The Balaban J connectivity index is 1.74. The van der Waals surface area contributed by atoms with E-state index in [1.54, 1.807) is 44.6 Å². The summed E-state index contributed by atoms with van der Waals surface area (Å²) in [5, 5.41) is 8.01. The van der Waals surface area contributed by atoms with Crippen molar-refractivity contribution in [2.45, 2.75) is 12.5 Å². The highest BCUT2D eigenvalue weighted by Gasteiger charge is 2.37. The monoisotopic (exact) mass is 485 g/mol. The number of carbonyl (C=O) groups is 1. The van der Waals surface area contributed by atoms with Crippen LogP contribution in [0.15, 0.2) is 65.1 Å². The van der Waals surface area contributed by atoms with Crippen molar-refractivity contribution in [3.05, 3.63) is 76.0 Å². The lowest BCUT2D eigenvalue weighted by molar-refractivity contribution is 0.0712. The molecule has 0 saturated carbocycles. The number of nitrogens with one attached hydrogen (secondary N) is 1. The number of hydrogen-bond acceptors (Lipinski definition) is 7. The zero-order valence-corrected chi connectivity index (χ0v) is 19.9. The molecule has 0 fully saturated rings. The van der Waals surface area contributed by atoms with Crippen LogP contribution in [0.2, 0.25) is 0 Å². The van der Waals surface area contributed by atoms with Gasteiger partial charge in [-0.3, -0.25) is 9.52 Å². The van der Waals surface area contributed by atoms with Crippen molar-refractivity contribution in [1.29, 1.82) is 0 Å². The summed E-state index contributed by atoms with van der Waals surface area (Å²) in [5.41, 5.74) is 2.67. The van der Waals surface area contributed by atoms with Gasteiger partial charge in [-0.1, -0.05) is 24.3 Å². The van der Waals surface area contributed by atoms with E-state index >= 15 is 0 Å². The van der Waals surface area contributed by atoms with Crippen molar-refractivity contribution in [2.75, 3.05) is 25.2 Å². The van der Waals surface area contributed by atoms with Crippen LogP contribution >= 0.6 is 11.3 Å². The highest BCUT2D eigenvalue weighted by molar-refractivity contribution is 7.92. The molecule has 10 heteroatoms. The Morgan fingerprint density at radius 2 is 1.73 bits per heavy atom. The van der Waals surface area contributed by atoms with Gasteiger partial charge < -0.3 is 9.47 Å². The van der Waals surface area contributed by atoms with Gasteiger partial charge >= 0.3 is 0 Å². The number of benzene rings is 2. The van der Waals surface area contributed by atoms with Gasteiger partial charge in [0.2, 0.25) is 10.0 Å². The number of amides is 1. The van der Waals surface area contributed by atoms with Crippen molar-refractivity contribution in [2.24, 2.45) is 5.10 Å². The maximum atomic E-state index is 13.3. The molecule has 33 heavy (non-hydrogen) atoms. The fourth-order valence-electron chi connectivity index (χ4n) is 3.76. The predicted octanol–water partition coefficient (Wildman–Crippen LogP) is 4.13. The van der Waals surface area contributed by atoms with Crippen LogP contribution in [-0.2, 0) is 10.0 Å². The van der Waals surface area contributed by atoms with E-state index in [1.807, 2.05) is 29.6 Å². The fraction of sp³-hybridized carbons (Fsp3) is 0.217. The van der Waals surface area contributed by atoms with Gasteiger partial charge in [0.15, 0.2) is 0 Å². The number of carbonyl (C=O) groups excluding carboxylic acids is 1. The summed E-state index contributed by atoms with van der Waals surface area (Å²) < 4.78 is 36.6. The molecule has 3 aromatic rings. The number of ether oxygens (including phenoxy) is 2. The molecule has 0 saturated heterocycles. The van der Waals surface area contributed by atoms with E-state index in [4.69, 9.17) is 9.47 Å². The Morgan fingerprint density at radius 3 is 2.27 bits per heavy atom. The van der Waals surface area contributed by atoms with Crippen LogP contribution in [0.25, 0.3) is 0 Å². The van der Waals surface area contributed by atoms with Crippen LogP contribution in [0.3, 0.4) is 0 Å². The first kappa shape index (κ1) is 22.8. The van der Waals surface area contributed by atoms with E-state index in [9.17, 15) is 13.2 Å². The molecular formula is C23H23N3O5S2. The molecule has 172 valence electrons. The smallest absolute Gasteiger partial charge is 0.284 e. The number of nitrogens with zero attached hydrogens (tertiary/aromatic N) is 2. The summed E-state index contributed by atoms with van der Waals surface area (Å²) in [5.74, 6) is 0.994. The quantitative estimate of drug-likeness (QED) is 0.543. The summed E-state index contributed by atoms with van der Waals surface area (Å²) in [7, 11) is -0.220. The van der Waals surface area contributed by atoms with E-state index < -0.39 is 16.1 Å². The van der Waals surface area contributed by atoms with Gasteiger partial charge in [0.1, 0.15) is 11.5 Å². The second kappa shape index (κ2) is 9.24. The minimum Gasteiger partial charge on any atom is -0.496 e. The van der Waals surface area contributed by atoms with E-state index in [1.165, 1.54) is 16.3 Å². The number of sulfonamides is 1. The van der Waals surface area contributed by atoms with Crippen molar-refractivity contribution in [3.8, 4) is 11.5 Å². The molecule has 8 nitrogen and oxygen atoms in total. The molecule has 1 aromatic heterocycles. The Hall–Kier alpha value is -3.37. The molecule has 4 rings (SSSR count). The minimum atomic E-state index is -3.37. The molecule has 1 aliphatic heterocycles. The van der Waals surface area contributed by atoms with Crippen LogP contribution in [0, 0.1) is 0 Å². The van der Waals surface area contributed by atoms with Gasteiger partial charge in [-0.2, -0.15) is 5.10 Å². The zero-order valence-electron chi connectivity index (χ0n) is 18.3. The Labute approximate surface area is 196 Å². The number of hydrazone groups is 1. The molecule has 0 unspecified atom stereocenters. The molecule has 1 atom stereocenters. The van der Waals surface area contributed by atoms with Crippen molar-refractivity contribution in [3.63, 3.8) is 0 Å². The number of thiophene rings is 1. The normalized spacial score (nSPS) is 15.8. The topological polar surface area (TPSA) is 97.3 Å². The van der Waals surface area contributed by atoms with Gasteiger partial charge in [-0.15, -0.1) is 11.3 Å². The maximum absolute atomic E-state index is 13.3. The lowest BCUT2D eigenvalue weighted by Crippen LogP contribution is -2.27. The predicted molar refractivity (Wildman–Crippen MR) is 129 cm³/mol. The van der Waals surface area contributed by atoms with E-state index in [0.717, 1.165) is 17.4 Å². The summed E-state index contributed by atoms with van der Waals surface area (Å²) in [6.07, 6.45) is 1.54. The summed E-state index contributed by atoms with van der Waals surface area (Å²) >= 11 is 1.35. The van der Waals surface area contributed by atoms with Crippen LogP contribution < -0.4 is 14.2 Å². The van der Waals surface area contributed by atoms with E-state index in [0.29, 0.717) is 34.2 Å². The Morgan fingerprint density at radius 1 is 1.06 bits per heavy atom. The largest absolute Gasteiger partial charge is 0.496 e. The van der Waals surface area contributed by atoms with Gasteiger partial charge in [0.25, 0.3) is 5.91 Å². The molecule has 1 aliphatic rings. The molecule has 2 heterocycles. The molecule has 0 bridgehead atoms. The minimum absolute atomic E-state index is 0.215. The van der Waals surface area contributed by atoms with Crippen LogP contribution in [0.5, 0.6) is 11.5 Å². The lowest BCUT2D eigenvalue weighted by atomic mass is 9.96. The van der Waals surface area contributed by atoms with Crippen LogP contribution in [0.4, 0.5) is 5.69 Å². The van der Waals surface area contributed by atoms with Crippen molar-refractivity contribution >= 4 is 38.7 Å². The first-order chi connectivity index (χ1) is 15.8. The highest BCUT2D eigenvalue weighted by Crippen LogP contribution is 2.43. The van der Waals surface area contributed by atoms with E-state index in [-0.39, 0.29) is 5.91 Å². The number of rotatable bonds is 7. The van der Waals surface area contributed by atoms with Crippen molar-refractivity contribution in [1.82, 2.24) is 5.01 Å². The standard InChI is InChI=1S/C23H23N3O5S2/c1-30-19-6-4-7-20(31-2)22(19)18-14-17(24-26(18)23(27)21-8-5-13-32-21)15-9-11-16(12-10-15)25-33(3,28)29/h4-13,18,25H,14H2,1-3H3/t18-/m0/s1. The third-order valence-corrected chi connectivity index (χ3v) is 6.64. The zero-order chi connectivity index (χ0) is 23.6. The lowest BCUT2D eigenvalue weighted by Gasteiger charge is -2.24. The highest BCUT2D eigenvalue weighted by atomic mass is 32.2. The third kappa shape index (κ3) is 4.86. The molecule has 1 N–H and O–H groups in total. The SMILES string of the molecule is COc1cccc(OC)c1[C@@H]1CC(c2ccc(NS(C)(=O)=O)cc2)=NN1C(=O)c1cccs1. The number of hydrogen-bond donors (Lipinski definition) is 1. The van der Waals surface area contributed by atoms with Crippen LogP contribution in [0.1, 0.15) is 33.3 Å². The average Bonchev–Trinajstić information content (AvgIpc) is 3.48. The number of methoxy groups -OCH3 is 2. The van der Waals surface area contributed by atoms with Gasteiger partial charge in [-0.05, 0) is 41.3 Å².